The van der Waals surface area contributed by atoms with Crippen LogP contribution in [0.3, 0.4) is 0 Å². The fourth-order valence-corrected chi connectivity index (χ4v) is 2.65. The molecule has 0 saturated heterocycles. The first kappa shape index (κ1) is 23.0. The van der Waals surface area contributed by atoms with Crippen LogP contribution in [0.15, 0.2) is 46.4 Å². The first-order chi connectivity index (χ1) is 12.7. The van der Waals surface area contributed by atoms with Crippen LogP contribution < -0.4 is 15.4 Å². The van der Waals surface area contributed by atoms with Crippen LogP contribution in [-0.2, 0) is 25.9 Å². The summed E-state index contributed by atoms with van der Waals surface area (Å²) in [6.07, 6.45) is 3.41. The van der Waals surface area contributed by atoms with E-state index >= 15 is 0 Å². The van der Waals surface area contributed by atoms with Crippen LogP contribution in [0.2, 0.25) is 0 Å². The van der Waals surface area contributed by atoms with Crippen LogP contribution in [0.1, 0.15) is 36.4 Å². The highest BCUT2D eigenvalue weighted by Gasteiger charge is 2.13. The normalized spacial score (nSPS) is 10.9. The average molecular weight is 484 g/mol. The number of aryl methyl sites for hydroxylation is 2. The number of aromatic nitrogens is 1. The second kappa shape index (κ2) is 12.4. The number of aliphatic imine (C=N–C) groups is 1. The van der Waals surface area contributed by atoms with E-state index in [4.69, 9.17) is 9.26 Å². The molecule has 1 aromatic heterocycles. The summed E-state index contributed by atoms with van der Waals surface area (Å²) in [7, 11) is 1.75. The number of guanidine groups is 1. The van der Waals surface area contributed by atoms with E-state index in [0.29, 0.717) is 25.7 Å². The van der Waals surface area contributed by atoms with E-state index in [1.54, 1.807) is 13.1 Å². The molecule has 0 aliphatic rings. The minimum Gasteiger partial charge on any atom is -0.489 e. The summed E-state index contributed by atoms with van der Waals surface area (Å²) in [5.41, 5.74) is 3.17. The second-order valence-corrected chi connectivity index (χ2v) is 5.72. The molecular formula is C20H29IN4O2. The minimum atomic E-state index is 0. The SMILES string of the molecule is C=CCOc1ccccc1CNC(=NC)NCc1c(CC)noc1CC.I. The quantitative estimate of drug-likeness (QED) is 0.245. The van der Waals surface area contributed by atoms with Crippen molar-refractivity contribution in [3.63, 3.8) is 0 Å². The molecule has 0 amide bonds. The molecule has 1 aromatic carbocycles. The Hall–Kier alpha value is -2.03. The third-order valence-corrected chi connectivity index (χ3v) is 4.04. The predicted octanol–water partition coefficient (Wildman–Crippen LogP) is 3.85. The fourth-order valence-electron chi connectivity index (χ4n) is 2.65. The van der Waals surface area contributed by atoms with Crippen molar-refractivity contribution in [2.24, 2.45) is 4.99 Å². The van der Waals surface area contributed by atoms with Gasteiger partial charge in [-0.2, -0.15) is 0 Å². The maximum absolute atomic E-state index is 5.69. The summed E-state index contributed by atoms with van der Waals surface area (Å²) in [6.45, 7) is 9.55. The lowest BCUT2D eigenvalue weighted by Crippen LogP contribution is -2.36. The zero-order valence-corrected chi connectivity index (χ0v) is 18.6. The van der Waals surface area contributed by atoms with Gasteiger partial charge in [0.2, 0.25) is 0 Å². The summed E-state index contributed by atoms with van der Waals surface area (Å²) in [5, 5.41) is 10.8. The molecule has 2 aromatic rings. The highest BCUT2D eigenvalue weighted by Crippen LogP contribution is 2.18. The van der Waals surface area contributed by atoms with Gasteiger partial charge in [-0.25, -0.2) is 0 Å². The van der Waals surface area contributed by atoms with Gasteiger partial charge in [0.05, 0.1) is 5.69 Å². The Kier molecular flexibility index (Phi) is 10.5. The molecule has 2 N–H and O–H groups in total. The number of nitrogens with zero attached hydrogens (tertiary/aromatic N) is 2. The molecule has 0 aliphatic heterocycles. The third-order valence-electron chi connectivity index (χ3n) is 4.04. The number of hydrogen-bond donors (Lipinski definition) is 2. The Morgan fingerprint density at radius 3 is 2.63 bits per heavy atom. The van der Waals surface area contributed by atoms with Gasteiger partial charge in [-0.3, -0.25) is 4.99 Å². The Bertz CT molecular complexity index is 722. The molecular weight excluding hydrogens is 455 g/mol. The van der Waals surface area contributed by atoms with Crippen molar-refractivity contribution in [1.82, 2.24) is 15.8 Å². The molecule has 0 aliphatic carbocycles. The Morgan fingerprint density at radius 2 is 1.96 bits per heavy atom. The number of rotatable bonds is 9. The van der Waals surface area contributed by atoms with E-state index in [1.807, 2.05) is 24.3 Å². The van der Waals surface area contributed by atoms with E-state index in [9.17, 15) is 0 Å². The maximum atomic E-state index is 5.69. The van der Waals surface area contributed by atoms with Crippen molar-refractivity contribution >= 4 is 29.9 Å². The number of benzene rings is 1. The molecule has 148 valence electrons. The molecule has 0 saturated carbocycles. The van der Waals surface area contributed by atoms with E-state index in [1.165, 1.54) is 0 Å². The highest BCUT2D eigenvalue weighted by molar-refractivity contribution is 14.0. The van der Waals surface area contributed by atoms with Gasteiger partial charge >= 0.3 is 0 Å². The molecule has 0 radical (unpaired) electrons. The van der Waals surface area contributed by atoms with E-state index in [0.717, 1.165) is 41.2 Å². The molecule has 0 bridgehead atoms. The van der Waals surface area contributed by atoms with Gasteiger partial charge in [0.1, 0.15) is 18.1 Å². The molecule has 2 rings (SSSR count). The van der Waals surface area contributed by atoms with Gasteiger partial charge in [0, 0.05) is 37.7 Å². The van der Waals surface area contributed by atoms with Crippen molar-refractivity contribution in [2.45, 2.75) is 39.8 Å². The topological polar surface area (TPSA) is 71.7 Å². The second-order valence-electron chi connectivity index (χ2n) is 5.72. The van der Waals surface area contributed by atoms with Gasteiger partial charge in [-0.15, -0.1) is 24.0 Å². The standard InChI is InChI=1S/C20H28N4O2.HI/c1-5-12-25-19-11-9-8-10-15(19)13-22-20(21-4)23-14-16-17(6-2)24-26-18(16)7-3;/h5,8-11H,1,6-7,12-14H2,2-4H3,(H2,21,22,23);1H. The lowest BCUT2D eigenvalue weighted by atomic mass is 10.1. The van der Waals surface area contributed by atoms with Crippen LogP contribution in [0.4, 0.5) is 0 Å². The molecule has 7 heteroatoms. The molecule has 0 atom stereocenters. The summed E-state index contributed by atoms with van der Waals surface area (Å²) < 4.78 is 11.1. The monoisotopic (exact) mass is 484 g/mol. The largest absolute Gasteiger partial charge is 0.489 e. The predicted molar refractivity (Wildman–Crippen MR) is 120 cm³/mol. The average Bonchev–Trinajstić information content (AvgIpc) is 3.09. The van der Waals surface area contributed by atoms with Crippen molar-refractivity contribution in [3.8, 4) is 5.75 Å². The summed E-state index contributed by atoms with van der Waals surface area (Å²) in [6, 6.07) is 7.93. The number of halogens is 1. The summed E-state index contributed by atoms with van der Waals surface area (Å²) >= 11 is 0. The Labute approximate surface area is 178 Å². The molecule has 0 spiro atoms. The van der Waals surface area contributed by atoms with Crippen LogP contribution in [0.5, 0.6) is 5.75 Å². The van der Waals surface area contributed by atoms with Gasteiger partial charge in [-0.1, -0.05) is 49.9 Å². The van der Waals surface area contributed by atoms with Crippen LogP contribution in [0.25, 0.3) is 0 Å². The van der Waals surface area contributed by atoms with Gasteiger partial charge in [0.25, 0.3) is 0 Å². The van der Waals surface area contributed by atoms with Gasteiger partial charge < -0.3 is 19.9 Å². The van der Waals surface area contributed by atoms with Crippen molar-refractivity contribution in [1.29, 1.82) is 0 Å². The molecule has 0 unspecified atom stereocenters. The number of para-hydroxylation sites is 1. The van der Waals surface area contributed by atoms with Crippen molar-refractivity contribution in [2.75, 3.05) is 13.7 Å². The van der Waals surface area contributed by atoms with Crippen molar-refractivity contribution in [3.05, 3.63) is 59.5 Å². The number of hydrogen-bond acceptors (Lipinski definition) is 4. The van der Waals surface area contributed by atoms with Crippen LogP contribution >= 0.6 is 24.0 Å². The minimum absolute atomic E-state index is 0. The lowest BCUT2D eigenvalue weighted by molar-refractivity contribution is 0.358. The van der Waals surface area contributed by atoms with Gasteiger partial charge in [0.15, 0.2) is 5.96 Å². The zero-order valence-electron chi connectivity index (χ0n) is 16.2. The lowest BCUT2D eigenvalue weighted by Gasteiger charge is -2.14. The van der Waals surface area contributed by atoms with E-state index < -0.39 is 0 Å². The molecule has 6 nitrogen and oxygen atoms in total. The van der Waals surface area contributed by atoms with E-state index in [2.05, 4.69) is 41.2 Å². The smallest absolute Gasteiger partial charge is 0.191 e. The number of ether oxygens (including phenoxy) is 1. The molecule has 0 fully saturated rings. The number of nitrogens with one attached hydrogen (secondary N) is 2. The van der Waals surface area contributed by atoms with Crippen molar-refractivity contribution < 1.29 is 9.26 Å². The molecule has 1 heterocycles. The fraction of sp³-hybridized carbons (Fsp3) is 0.400. The van der Waals surface area contributed by atoms with Gasteiger partial charge in [-0.05, 0) is 12.5 Å². The first-order valence-electron chi connectivity index (χ1n) is 8.95. The van der Waals surface area contributed by atoms with Crippen LogP contribution in [-0.4, -0.2) is 24.8 Å². The first-order valence-corrected chi connectivity index (χ1v) is 8.95. The third kappa shape index (κ3) is 6.57. The maximum Gasteiger partial charge on any atom is 0.191 e. The van der Waals surface area contributed by atoms with E-state index in [-0.39, 0.29) is 24.0 Å². The summed E-state index contributed by atoms with van der Waals surface area (Å²) in [4.78, 5) is 4.29. The zero-order chi connectivity index (χ0) is 18.8. The van der Waals surface area contributed by atoms with Crippen LogP contribution in [0, 0.1) is 0 Å². The Balaban J connectivity index is 0.00000364. The Morgan fingerprint density at radius 1 is 1.22 bits per heavy atom. The highest BCUT2D eigenvalue weighted by atomic mass is 127. The molecule has 27 heavy (non-hydrogen) atoms. The summed E-state index contributed by atoms with van der Waals surface area (Å²) in [5.74, 6) is 2.48.